The molecule has 0 radical (unpaired) electrons. The van der Waals surface area contributed by atoms with E-state index in [1.807, 2.05) is 30.6 Å². The standard InChI is InChI=1S/C16H22N6O2/c1-20(2)16-18-14-13(15(24)19-16)17-8-22(14)10-5-4-9-6-11(10)21(3)12(23)7-9/h8-11H,4-7H2,1-3H3,(H,18,19,24)/t9-,10+,11+/m1/s1. The van der Waals surface area contributed by atoms with E-state index in [9.17, 15) is 9.59 Å². The normalized spacial score (nSPS) is 26.9. The lowest BCUT2D eigenvalue weighted by Crippen LogP contribution is -2.50. The molecule has 1 saturated carbocycles. The Hall–Kier alpha value is -2.38. The predicted octanol–water partition coefficient (Wildman–Crippen LogP) is 0.758. The highest BCUT2D eigenvalue weighted by Gasteiger charge is 2.41. The van der Waals surface area contributed by atoms with Crippen molar-refractivity contribution in [1.29, 1.82) is 0 Å². The van der Waals surface area contributed by atoms with Crippen molar-refractivity contribution in [2.24, 2.45) is 5.92 Å². The maximum absolute atomic E-state index is 12.3. The average Bonchev–Trinajstić information content (AvgIpc) is 2.97. The number of H-pyrrole nitrogens is 1. The molecule has 1 amide bonds. The number of hydrogen-bond acceptors (Lipinski definition) is 5. The molecule has 2 aliphatic rings. The van der Waals surface area contributed by atoms with Crippen molar-refractivity contribution in [2.75, 3.05) is 26.0 Å². The number of anilines is 1. The van der Waals surface area contributed by atoms with Crippen LogP contribution in [-0.2, 0) is 4.79 Å². The van der Waals surface area contributed by atoms with Gasteiger partial charge in [0.15, 0.2) is 11.2 Å². The van der Waals surface area contributed by atoms with Crippen molar-refractivity contribution in [3.8, 4) is 0 Å². The first kappa shape index (κ1) is 15.2. The molecule has 0 spiro atoms. The number of fused-ring (bicyclic) bond motifs is 3. The lowest BCUT2D eigenvalue weighted by Gasteiger charge is -2.45. The Balaban J connectivity index is 1.81. The zero-order chi connectivity index (χ0) is 17.0. The third-order valence-electron chi connectivity index (χ3n) is 5.44. The second-order valence-corrected chi connectivity index (χ2v) is 7.13. The van der Waals surface area contributed by atoms with E-state index in [1.54, 1.807) is 11.2 Å². The number of nitrogens with one attached hydrogen (secondary N) is 1. The van der Waals surface area contributed by atoms with Gasteiger partial charge in [-0.05, 0) is 25.2 Å². The van der Waals surface area contributed by atoms with Crippen LogP contribution in [0.25, 0.3) is 11.2 Å². The number of rotatable bonds is 2. The highest BCUT2D eigenvalue weighted by atomic mass is 16.2. The summed E-state index contributed by atoms with van der Waals surface area (Å²) in [5.74, 6) is 1.21. The number of carbonyl (C=O) groups is 1. The van der Waals surface area contributed by atoms with E-state index in [4.69, 9.17) is 0 Å². The SMILES string of the molecule is CN(C)c1nc2c(ncn2[C@H]2CC[C@H]3CC(=O)N(C)[C@H]2C3)c(=O)[nH]1. The van der Waals surface area contributed by atoms with Crippen molar-refractivity contribution in [1.82, 2.24) is 24.4 Å². The Morgan fingerprint density at radius 3 is 2.79 bits per heavy atom. The van der Waals surface area contributed by atoms with E-state index < -0.39 is 0 Å². The molecule has 1 N–H and O–H groups in total. The van der Waals surface area contributed by atoms with Gasteiger partial charge in [-0.1, -0.05) is 0 Å². The molecule has 2 bridgehead atoms. The number of likely N-dealkylation sites (tertiary alicyclic amines) is 1. The van der Waals surface area contributed by atoms with Crippen LogP contribution in [0.1, 0.15) is 31.7 Å². The lowest BCUT2D eigenvalue weighted by molar-refractivity contribution is -0.140. The van der Waals surface area contributed by atoms with Gasteiger partial charge in [0.1, 0.15) is 0 Å². The Kier molecular flexibility index (Phi) is 3.36. The number of aromatic amines is 1. The molecule has 1 aliphatic carbocycles. The molecular formula is C16H22N6O2. The molecule has 8 nitrogen and oxygen atoms in total. The van der Waals surface area contributed by atoms with E-state index in [1.165, 1.54) is 0 Å². The van der Waals surface area contributed by atoms with Gasteiger partial charge in [-0.2, -0.15) is 4.98 Å². The molecule has 3 heterocycles. The molecule has 8 heteroatoms. The predicted molar refractivity (Wildman–Crippen MR) is 90.0 cm³/mol. The first-order valence-electron chi connectivity index (χ1n) is 8.35. The smallest absolute Gasteiger partial charge is 0.280 e. The molecule has 0 aromatic carbocycles. The van der Waals surface area contributed by atoms with Gasteiger partial charge >= 0.3 is 0 Å². The fourth-order valence-electron chi connectivity index (χ4n) is 4.09. The Labute approximate surface area is 139 Å². The van der Waals surface area contributed by atoms with Crippen molar-refractivity contribution in [2.45, 2.75) is 37.8 Å². The average molecular weight is 330 g/mol. The number of likely N-dealkylation sites (N-methyl/N-ethyl adjacent to an activating group) is 1. The van der Waals surface area contributed by atoms with Gasteiger partial charge in [0.25, 0.3) is 5.56 Å². The zero-order valence-electron chi connectivity index (χ0n) is 14.2. The summed E-state index contributed by atoms with van der Waals surface area (Å²) in [4.78, 5) is 39.7. The van der Waals surface area contributed by atoms with Crippen LogP contribution in [-0.4, -0.2) is 57.5 Å². The third-order valence-corrected chi connectivity index (χ3v) is 5.44. The van der Waals surface area contributed by atoms with Crippen molar-refractivity contribution in [3.63, 3.8) is 0 Å². The highest BCUT2D eigenvalue weighted by Crippen LogP contribution is 2.41. The first-order valence-corrected chi connectivity index (χ1v) is 8.35. The molecular weight excluding hydrogens is 308 g/mol. The van der Waals surface area contributed by atoms with E-state index in [-0.39, 0.29) is 23.6 Å². The molecule has 4 rings (SSSR count). The summed E-state index contributed by atoms with van der Waals surface area (Å²) < 4.78 is 1.99. The van der Waals surface area contributed by atoms with Gasteiger partial charge in [-0.25, -0.2) is 4.98 Å². The minimum absolute atomic E-state index is 0.116. The van der Waals surface area contributed by atoms with Crippen LogP contribution in [0, 0.1) is 5.92 Å². The number of amides is 1. The van der Waals surface area contributed by atoms with Crippen LogP contribution in [0.15, 0.2) is 11.1 Å². The van der Waals surface area contributed by atoms with Gasteiger partial charge in [-0.15, -0.1) is 0 Å². The van der Waals surface area contributed by atoms with Crippen LogP contribution < -0.4 is 10.5 Å². The second-order valence-electron chi connectivity index (χ2n) is 7.13. The molecule has 1 aliphatic heterocycles. The summed E-state index contributed by atoms with van der Waals surface area (Å²) in [5, 5.41) is 0. The summed E-state index contributed by atoms with van der Waals surface area (Å²) in [7, 11) is 5.55. The first-order chi connectivity index (χ1) is 11.5. The molecule has 2 fully saturated rings. The van der Waals surface area contributed by atoms with Gasteiger partial charge in [-0.3, -0.25) is 14.6 Å². The van der Waals surface area contributed by atoms with Crippen molar-refractivity contribution in [3.05, 3.63) is 16.7 Å². The minimum Gasteiger partial charge on any atom is -0.348 e. The quantitative estimate of drug-likeness (QED) is 0.878. The topological polar surface area (TPSA) is 87.1 Å². The van der Waals surface area contributed by atoms with E-state index in [2.05, 4.69) is 15.0 Å². The van der Waals surface area contributed by atoms with Gasteiger partial charge in [0, 0.05) is 27.6 Å². The Bertz CT molecular complexity index is 854. The van der Waals surface area contributed by atoms with Crippen molar-refractivity contribution >= 4 is 23.0 Å². The van der Waals surface area contributed by atoms with E-state index in [0.29, 0.717) is 29.5 Å². The summed E-state index contributed by atoms with van der Waals surface area (Å²) in [6.45, 7) is 0. The Morgan fingerprint density at radius 1 is 1.25 bits per heavy atom. The van der Waals surface area contributed by atoms with E-state index in [0.717, 1.165) is 19.3 Å². The number of imidazole rings is 1. The number of carbonyl (C=O) groups excluding carboxylic acids is 1. The summed E-state index contributed by atoms with van der Waals surface area (Å²) in [6, 6.07) is 0.260. The van der Waals surface area contributed by atoms with Crippen LogP contribution in [0.5, 0.6) is 0 Å². The van der Waals surface area contributed by atoms with Crippen LogP contribution in [0.3, 0.4) is 0 Å². The molecule has 24 heavy (non-hydrogen) atoms. The maximum atomic E-state index is 12.3. The molecule has 1 saturated heterocycles. The lowest BCUT2D eigenvalue weighted by atomic mass is 9.76. The van der Waals surface area contributed by atoms with Gasteiger partial charge < -0.3 is 14.4 Å². The number of nitrogens with zero attached hydrogens (tertiary/aromatic N) is 5. The fraction of sp³-hybridized carbons (Fsp3) is 0.625. The fourth-order valence-corrected chi connectivity index (χ4v) is 4.09. The largest absolute Gasteiger partial charge is 0.348 e. The molecule has 2 aromatic rings. The van der Waals surface area contributed by atoms with Crippen LogP contribution in [0.2, 0.25) is 0 Å². The molecule has 0 unspecified atom stereocenters. The molecule has 3 atom stereocenters. The van der Waals surface area contributed by atoms with Gasteiger partial charge in [0.05, 0.1) is 18.4 Å². The monoisotopic (exact) mass is 330 g/mol. The summed E-state index contributed by atoms with van der Waals surface area (Å²) in [5.41, 5.74) is 0.717. The number of aromatic nitrogens is 4. The number of piperidine rings is 1. The van der Waals surface area contributed by atoms with Gasteiger partial charge in [0.2, 0.25) is 11.9 Å². The number of hydrogen-bond donors (Lipinski definition) is 1. The minimum atomic E-state index is -0.232. The second kappa shape index (κ2) is 5.32. The van der Waals surface area contributed by atoms with Crippen LogP contribution >= 0.6 is 0 Å². The molecule has 128 valence electrons. The van der Waals surface area contributed by atoms with E-state index >= 15 is 0 Å². The van der Waals surface area contributed by atoms with Crippen molar-refractivity contribution < 1.29 is 4.79 Å². The van der Waals surface area contributed by atoms with Crippen LogP contribution in [0.4, 0.5) is 5.95 Å². The third kappa shape index (κ3) is 2.20. The Morgan fingerprint density at radius 2 is 2.04 bits per heavy atom. The zero-order valence-corrected chi connectivity index (χ0v) is 14.2. The molecule has 2 aromatic heterocycles. The summed E-state index contributed by atoms with van der Waals surface area (Å²) in [6.07, 6.45) is 5.38. The summed E-state index contributed by atoms with van der Waals surface area (Å²) >= 11 is 0. The highest BCUT2D eigenvalue weighted by molar-refractivity contribution is 5.77. The maximum Gasteiger partial charge on any atom is 0.280 e.